The highest BCUT2D eigenvalue weighted by molar-refractivity contribution is 9.10. The third-order valence-corrected chi connectivity index (χ3v) is 1.66. The maximum Gasteiger partial charge on any atom is 0.137 e. The van der Waals surface area contributed by atoms with Gasteiger partial charge in [-0.1, -0.05) is 0 Å². The average molecular weight is 232 g/mol. The standard InChI is InChI=1S/C8H10BrNO2/c1-6(11)5-12-7-2-3-8(9)10-4-7/h2-4,6,11H,5H2,1H3. The fourth-order valence-corrected chi connectivity index (χ4v) is 0.899. The zero-order chi connectivity index (χ0) is 8.97. The van der Waals surface area contributed by atoms with Gasteiger partial charge in [-0.05, 0) is 35.0 Å². The Morgan fingerprint density at radius 3 is 2.92 bits per heavy atom. The molecular weight excluding hydrogens is 222 g/mol. The van der Waals surface area contributed by atoms with E-state index in [-0.39, 0.29) is 0 Å². The Kier molecular flexibility index (Phi) is 3.49. The predicted octanol–water partition coefficient (Wildman–Crippen LogP) is 1.60. The molecule has 0 aliphatic rings. The molecular formula is C8H10BrNO2. The van der Waals surface area contributed by atoms with Crippen molar-refractivity contribution < 1.29 is 9.84 Å². The van der Waals surface area contributed by atoms with Gasteiger partial charge in [-0.15, -0.1) is 0 Å². The van der Waals surface area contributed by atoms with E-state index < -0.39 is 6.10 Å². The molecule has 1 N–H and O–H groups in total. The Morgan fingerprint density at radius 1 is 1.67 bits per heavy atom. The van der Waals surface area contributed by atoms with Gasteiger partial charge in [-0.3, -0.25) is 0 Å². The molecule has 0 bridgehead atoms. The van der Waals surface area contributed by atoms with Crippen LogP contribution in [0.1, 0.15) is 6.92 Å². The van der Waals surface area contributed by atoms with Gasteiger partial charge in [-0.2, -0.15) is 0 Å². The number of rotatable bonds is 3. The number of aromatic nitrogens is 1. The Morgan fingerprint density at radius 2 is 2.42 bits per heavy atom. The molecule has 1 aromatic heterocycles. The van der Waals surface area contributed by atoms with Crippen LogP contribution in [0.3, 0.4) is 0 Å². The monoisotopic (exact) mass is 231 g/mol. The summed E-state index contributed by atoms with van der Waals surface area (Å²) in [5.41, 5.74) is 0. The van der Waals surface area contributed by atoms with Gasteiger partial charge in [0.2, 0.25) is 0 Å². The van der Waals surface area contributed by atoms with Crippen LogP contribution in [0.2, 0.25) is 0 Å². The van der Waals surface area contributed by atoms with Crippen LogP contribution in [0, 0.1) is 0 Å². The van der Waals surface area contributed by atoms with Gasteiger partial charge < -0.3 is 9.84 Å². The number of hydrogen-bond donors (Lipinski definition) is 1. The van der Waals surface area contributed by atoms with Gasteiger partial charge in [0.1, 0.15) is 17.0 Å². The van der Waals surface area contributed by atoms with Crippen molar-refractivity contribution in [1.82, 2.24) is 4.98 Å². The molecule has 1 rings (SSSR count). The maximum absolute atomic E-state index is 8.91. The van der Waals surface area contributed by atoms with Crippen molar-refractivity contribution in [3.8, 4) is 5.75 Å². The van der Waals surface area contributed by atoms with Gasteiger partial charge in [0.05, 0.1) is 12.3 Å². The number of hydrogen-bond acceptors (Lipinski definition) is 3. The minimum atomic E-state index is -0.450. The first-order valence-corrected chi connectivity index (χ1v) is 4.40. The van der Waals surface area contributed by atoms with E-state index in [2.05, 4.69) is 20.9 Å². The molecule has 0 aliphatic carbocycles. The summed E-state index contributed by atoms with van der Waals surface area (Å²) < 4.78 is 5.96. The smallest absolute Gasteiger partial charge is 0.137 e. The number of pyridine rings is 1. The lowest BCUT2D eigenvalue weighted by Gasteiger charge is -2.06. The first kappa shape index (κ1) is 9.48. The summed E-state index contributed by atoms with van der Waals surface area (Å²) in [6.45, 7) is 1.97. The van der Waals surface area contributed by atoms with Crippen molar-refractivity contribution in [3.05, 3.63) is 22.9 Å². The molecule has 0 amide bonds. The van der Waals surface area contributed by atoms with E-state index in [4.69, 9.17) is 9.84 Å². The Balaban J connectivity index is 2.48. The van der Waals surface area contributed by atoms with Crippen molar-refractivity contribution in [2.45, 2.75) is 13.0 Å². The lowest BCUT2D eigenvalue weighted by Crippen LogP contribution is -2.12. The van der Waals surface area contributed by atoms with E-state index in [9.17, 15) is 0 Å². The highest BCUT2D eigenvalue weighted by atomic mass is 79.9. The molecule has 4 heteroatoms. The number of ether oxygens (including phenoxy) is 1. The molecule has 66 valence electrons. The van der Waals surface area contributed by atoms with Crippen LogP contribution in [0.4, 0.5) is 0 Å². The molecule has 1 unspecified atom stereocenters. The van der Waals surface area contributed by atoms with Gasteiger partial charge in [0.15, 0.2) is 0 Å². The van der Waals surface area contributed by atoms with E-state index in [0.717, 1.165) is 4.60 Å². The lowest BCUT2D eigenvalue weighted by atomic mass is 10.4. The first-order chi connectivity index (χ1) is 5.68. The van der Waals surface area contributed by atoms with E-state index in [1.165, 1.54) is 0 Å². The van der Waals surface area contributed by atoms with Crippen molar-refractivity contribution in [3.63, 3.8) is 0 Å². The summed E-state index contributed by atoms with van der Waals surface area (Å²) in [7, 11) is 0. The fraction of sp³-hybridized carbons (Fsp3) is 0.375. The number of aliphatic hydroxyl groups is 1. The largest absolute Gasteiger partial charge is 0.489 e. The minimum absolute atomic E-state index is 0.295. The lowest BCUT2D eigenvalue weighted by molar-refractivity contribution is 0.122. The summed E-state index contributed by atoms with van der Waals surface area (Å²) in [5, 5.41) is 8.91. The SMILES string of the molecule is CC(O)COc1ccc(Br)nc1. The molecule has 1 aromatic rings. The molecule has 0 spiro atoms. The second-order valence-corrected chi connectivity index (χ2v) is 3.29. The average Bonchev–Trinajstić information content (AvgIpc) is 2.03. The molecule has 0 saturated heterocycles. The molecule has 3 nitrogen and oxygen atoms in total. The van der Waals surface area contributed by atoms with Crippen molar-refractivity contribution in [1.29, 1.82) is 0 Å². The molecule has 0 fully saturated rings. The van der Waals surface area contributed by atoms with Crippen molar-refractivity contribution in [2.24, 2.45) is 0 Å². The first-order valence-electron chi connectivity index (χ1n) is 3.61. The van der Waals surface area contributed by atoms with Gasteiger partial charge >= 0.3 is 0 Å². The van der Waals surface area contributed by atoms with Gasteiger partial charge in [0.25, 0.3) is 0 Å². The molecule has 12 heavy (non-hydrogen) atoms. The highest BCUT2D eigenvalue weighted by Gasteiger charge is 1.97. The van der Waals surface area contributed by atoms with Crippen molar-refractivity contribution in [2.75, 3.05) is 6.61 Å². The van der Waals surface area contributed by atoms with Gasteiger partial charge in [-0.25, -0.2) is 4.98 Å². The molecule has 0 saturated carbocycles. The quantitative estimate of drug-likeness (QED) is 0.805. The molecule has 0 radical (unpaired) electrons. The molecule has 0 aromatic carbocycles. The summed E-state index contributed by atoms with van der Waals surface area (Å²) >= 11 is 3.21. The second-order valence-electron chi connectivity index (χ2n) is 2.48. The normalized spacial score (nSPS) is 12.6. The van der Waals surface area contributed by atoms with Crippen LogP contribution in [0.15, 0.2) is 22.9 Å². The third kappa shape index (κ3) is 3.19. The number of nitrogens with zero attached hydrogens (tertiary/aromatic N) is 1. The molecule has 0 aliphatic heterocycles. The third-order valence-electron chi connectivity index (χ3n) is 1.19. The Labute approximate surface area is 79.5 Å². The van der Waals surface area contributed by atoms with E-state index >= 15 is 0 Å². The highest BCUT2D eigenvalue weighted by Crippen LogP contribution is 2.12. The topological polar surface area (TPSA) is 42.4 Å². The summed E-state index contributed by atoms with van der Waals surface area (Å²) in [6.07, 6.45) is 1.15. The summed E-state index contributed by atoms with van der Waals surface area (Å²) in [4.78, 5) is 3.97. The summed E-state index contributed by atoms with van der Waals surface area (Å²) in [5.74, 6) is 0.666. The zero-order valence-electron chi connectivity index (χ0n) is 6.70. The van der Waals surface area contributed by atoms with Crippen LogP contribution in [-0.4, -0.2) is 22.8 Å². The van der Waals surface area contributed by atoms with E-state index in [1.54, 1.807) is 25.3 Å². The Bertz CT molecular complexity index is 235. The van der Waals surface area contributed by atoms with E-state index in [1.807, 2.05) is 0 Å². The summed E-state index contributed by atoms with van der Waals surface area (Å²) in [6, 6.07) is 3.58. The van der Waals surface area contributed by atoms with Crippen LogP contribution in [-0.2, 0) is 0 Å². The van der Waals surface area contributed by atoms with Crippen molar-refractivity contribution >= 4 is 15.9 Å². The minimum Gasteiger partial charge on any atom is -0.489 e. The molecule has 1 heterocycles. The fourth-order valence-electron chi connectivity index (χ4n) is 0.664. The number of aliphatic hydroxyl groups excluding tert-OH is 1. The second kappa shape index (κ2) is 4.42. The maximum atomic E-state index is 8.91. The predicted molar refractivity (Wildman–Crippen MR) is 49.1 cm³/mol. The van der Waals surface area contributed by atoms with Crippen LogP contribution in [0.25, 0.3) is 0 Å². The van der Waals surface area contributed by atoms with Crippen LogP contribution >= 0.6 is 15.9 Å². The van der Waals surface area contributed by atoms with Gasteiger partial charge in [0, 0.05) is 0 Å². The molecule has 1 atom stereocenters. The number of halogens is 1. The Hall–Kier alpha value is -0.610. The van der Waals surface area contributed by atoms with Crippen LogP contribution in [0.5, 0.6) is 5.75 Å². The van der Waals surface area contributed by atoms with E-state index in [0.29, 0.717) is 12.4 Å². The zero-order valence-corrected chi connectivity index (χ0v) is 8.28. The van der Waals surface area contributed by atoms with Crippen LogP contribution < -0.4 is 4.74 Å².